The molecule has 3 rings (SSSR count). The predicted molar refractivity (Wildman–Crippen MR) is 82.2 cm³/mol. The molecule has 1 aromatic carbocycles. The molecule has 0 saturated carbocycles. The number of rotatable bonds is 4. The van der Waals surface area contributed by atoms with Crippen LogP contribution in [0.15, 0.2) is 34.8 Å². The first kappa shape index (κ1) is 13.2. The van der Waals surface area contributed by atoms with E-state index >= 15 is 0 Å². The van der Waals surface area contributed by atoms with Crippen molar-refractivity contribution in [1.29, 1.82) is 0 Å². The van der Waals surface area contributed by atoms with Gasteiger partial charge in [0.25, 0.3) is 0 Å². The highest BCUT2D eigenvalue weighted by Crippen LogP contribution is 2.27. The molecule has 0 amide bonds. The van der Waals surface area contributed by atoms with Crippen LogP contribution in [0.5, 0.6) is 0 Å². The zero-order valence-electron chi connectivity index (χ0n) is 10.8. The largest absolute Gasteiger partial charge is 0.330 e. The van der Waals surface area contributed by atoms with Crippen LogP contribution >= 0.6 is 15.9 Å². The third-order valence-electron chi connectivity index (χ3n) is 3.04. The molecule has 0 saturated heterocycles. The number of para-hydroxylation sites is 1. The number of aryl methyl sites for hydroxylation is 1. The minimum absolute atomic E-state index is 0.606. The number of pyridine rings is 1. The standard InChI is InChI=1S/C14H14BrN5/c15-10-8-9-4-1-2-5-11(9)17-13(10)14-18-12(19-20-14)6-3-7-16/h1-2,4-5,8H,3,6-7,16H2,(H,18,19,20). The number of H-pyrrole nitrogens is 1. The maximum absolute atomic E-state index is 5.50. The van der Waals surface area contributed by atoms with Gasteiger partial charge in [0.1, 0.15) is 11.5 Å². The number of nitrogens with two attached hydrogens (primary N) is 1. The van der Waals surface area contributed by atoms with E-state index in [1.165, 1.54) is 0 Å². The van der Waals surface area contributed by atoms with E-state index in [0.29, 0.717) is 12.4 Å². The smallest absolute Gasteiger partial charge is 0.200 e. The molecule has 0 atom stereocenters. The van der Waals surface area contributed by atoms with E-state index in [4.69, 9.17) is 5.73 Å². The van der Waals surface area contributed by atoms with Crippen LogP contribution in [0.25, 0.3) is 22.4 Å². The number of fused-ring (bicyclic) bond motifs is 1. The molecular formula is C14H14BrN5. The number of nitrogens with zero attached hydrogens (tertiary/aromatic N) is 3. The first-order valence-electron chi connectivity index (χ1n) is 6.45. The van der Waals surface area contributed by atoms with Gasteiger partial charge in [0, 0.05) is 16.3 Å². The van der Waals surface area contributed by atoms with Gasteiger partial charge in [-0.1, -0.05) is 18.2 Å². The summed E-state index contributed by atoms with van der Waals surface area (Å²) in [5.41, 5.74) is 7.18. The summed E-state index contributed by atoms with van der Waals surface area (Å²) in [6.07, 6.45) is 1.69. The highest BCUT2D eigenvalue weighted by atomic mass is 79.9. The molecule has 102 valence electrons. The van der Waals surface area contributed by atoms with Crippen LogP contribution in [0.3, 0.4) is 0 Å². The number of hydrogen-bond acceptors (Lipinski definition) is 4. The molecule has 3 aromatic rings. The number of nitrogens with one attached hydrogen (secondary N) is 1. The van der Waals surface area contributed by atoms with Gasteiger partial charge >= 0.3 is 0 Å². The average molecular weight is 332 g/mol. The first-order chi connectivity index (χ1) is 9.78. The van der Waals surface area contributed by atoms with Crippen LogP contribution in [-0.2, 0) is 6.42 Å². The predicted octanol–water partition coefficient (Wildman–Crippen LogP) is 2.67. The van der Waals surface area contributed by atoms with Gasteiger partial charge in [-0.3, -0.25) is 5.10 Å². The number of halogens is 1. The molecule has 5 nitrogen and oxygen atoms in total. The summed E-state index contributed by atoms with van der Waals surface area (Å²) in [6.45, 7) is 0.647. The average Bonchev–Trinajstić information content (AvgIpc) is 2.93. The lowest BCUT2D eigenvalue weighted by Crippen LogP contribution is -2.01. The zero-order chi connectivity index (χ0) is 13.9. The second kappa shape index (κ2) is 5.68. The maximum atomic E-state index is 5.50. The molecule has 2 heterocycles. The molecular weight excluding hydrogens is 318 g/mol. The van der Waals surface area contributed by atoms with Crippen molar-refractivity contribution in [3.8, 4) is 11.5 Å². The molecule has 0 radical (unpaired) electrons. The van der Waals surface area contributed by atoms with Crippen molar-refractivity contribution in [1.82, 2.24) is 20.2 Å². The number of aromatic amines is 1. The second-order valence-corrected chi connectivity index (χ2v) is 5.36. The fourth-order valence-electron chi connectivity index (χ4n) is 2.03. The van der Waals surface area contributed by atoms with Crippen molar-refractivity contribution < 1.29 is 0 Å². The molecule has 20 heavy (non-hydrogen) atoms. The van der Waals surface area contributed by atoms with E-state index in [2.05, 4.69) is 36.1 Å². The van der Waals surface area contributed by atoms with Gasteiger partial charge in [-0.25, -0.2) is 9.97 Å². The molecule has 0 spiro atoms. The molecule has 3 N–H and O–H groups in total. The Morgan fingerprint density at radius 3 is 2.90 bits per heavy atom. The highest BCUT2D eigenvalue weighted by Gasteiger charge is 2.12. The van der Waals surface area contributed by atoms with E-state index in [1.807, 2.05) is 30.3 Å². The quantitative estimate of drug-likeness (QED) is 0.770. The van der Waals surface area contributed by atoms with E-state index in [-0.39, 0.29) is 0 Å². The number of benzene rings is 1. The van der Waals surface area contributed by atoms with Gasteiger partial charge < -0.3 is 5.73 Å². The molecule has 0 aliphatic heterocycles. The fraction of sp³-hybridized carbons (Fsp3) is 0.214. The van der Waals surface area contributed by atoms with E-state index in [0.717, 1.165) is 39.7 Å². The van der Waals surface area contributed by atoms with Crippen molar-refractivity contribution in [3.63, 3.8) is 0 Å². The molecule has 6 heteroatoms. The maximum Gasteiger partial charge on any atom is 0.200 e. The summed E-state index contributed by atoms with van der Waals surface area (Å²) in [5, 5.41) is 8.26. The molecule has 0 aliphatic carbocycles. The summed E-state index contributed by atoms with van der Waals surface area (Å²) in [6, 6.07) is 10.0. The van der Waals surface area contributed by atoms with Gasteiger partial charge in [0.2, 0.25) is 5.82 Å². The van der Waals surface area contributed by atoms with Crippen LogP contribution in [0.2, 0.25) is 0 Å². The Hall–Kier alpha value is -1.79. The second-order valence-electron chi connectivity index (χ2n) is 4.51. The Bertz CT molecular complexity index is 737. The van der Waals surface area contributed by atoms with Crippen molar-refractivity contribution in [2.45, 2.75) is 12.8 Å². The highest BCUT2D eigenvalue weighted by molar-refractivity contribution is 9.10. The van der Waals surface area contributed by atoms with Gasteiger partial charge in [-0.15, -0.1) is 0 Å². The monoisotopic (exact) mass is 331 g/mol. The SMILES string of the molecule is NCCCc1nc(-c2nc3ccccc3cc2Br)n[nH]1. The van der Waals surface area contributed by atoms with Crippen LogP contribution in [0.1, 0.15) is 12.2 Å². The van der Waals surface area contributed by atoms with Crippen molar-refractivity contribution >= 4 is 26.8 Å². The minimum Gasteiger partial charge on any atom is -0.330 e. The van der Waals surface area contributed by atoms with Gasteiger partial charge in [0.05, 0.1) is 5.52 Å². The molecule has 0 bridgehead atoms. The molecule has 2 aromatic heterocycles. The third-order valence-corrected chi connectivity index (χ3v) is 3.64. The number of aromatic nitrogens is 4. The molecule has 0 aliphatic rings. The van der Waals surface area contributed by atoms with E-state index < -0.39 is 0 Å². The van der Waals surface area contributed by atoms with E-state index in [9.17, 15) is 0 Å². The van der Waals surface area contributed by atoms with Crippen molar-refractivity contribution in [2.24, 2.45) is 5.73 Å². The summed E-state index contributed by atoms with van der Waals surface area (Å²) in [5.74, 6) is 1.45. The van der Waals surface area contributed by atoms with Gasteiger partial charge in [-0.2, -0.15) is 5.10 Å². The molecule has 0 fully saturated rings. The Morgan fingerprint density at radius 1 is 1.20 bits per heavy atom. The number of hydrogen-bond donors (Lipinski definition) is 2. The van der Waals surface area contributed by atoms with E-state index in [1.54, 1.807) is 0 Å². The minimum atomic E-state index is 0.606. The van der Waals surface area contributed by atoms with Gasteiger partial charge in [0.15, 0.2) is 0 Å². The Kier molecular flexibility index (Phi) is 3.75. The summed E-state index contributed by atoms with van der Waals surface area (Å²) in [7, 11) is 0. The van der Waals surface area contributed by atoms with Crippen LogP contribution in [0.4, 0.5) is 0 Å². The van der Waals surface area contributed by atoms with Crippen LogP contribution in [0, 0.1) is 0 Å². The lowest BCUT2D eigenvalue weighted by Gasteiger charge is -2.02. The molecule has 0 unspecified atom stereocenters. The lowest BCUT2D eigenvalue weighted by atomic mass is 10.2. The summed E-state index contributed by atoms with van der Waals surface area (Å²) < 4.78 is 0.889. The third kappa shape index (κ3) is 2.57. The van der Waals surface area contributed by atoms with Crippen LogP contribution in [-0.4, -0.2) is 26.7 Å². The lowest BCUT2D eigenvalue weighted by molar-refractivity contribution is 0.785. The summed E-state index contributed by atoms with van der Waals surface area (Å²) >= 11 is 3.54. The van der Waals surface area contributed by atoms with Crippen molar-refractivity contribution in [3.05, 3.63) is 40.6 Å². The Morgan fingerprint density at radius 2 is 2.05 bits per heavy atom. The topological polar surface area (TPSA) is 80.5 Å². The Balaban J connectivity index is 2.00. The van der Waals surface area contributed by atoms with Gasteiger partial charge in [-0.05, 0) is 41.0 Å². The van der Waals surface area contributed by atoms with Crippen LogP contribution < -0.4 is 5.73 Å². The van der Waals surface area contributed by atoms with Crippen molar-refractivity contribution in [2.75, 3.05) is 6.54 Å². The summed E-state index contributed by atoms with van der Waals surface area (Å²) in [4.78, 5) is 9.09. The normalized spacial score (nSPS) is 11.1. The first-order valence-corrected chi connectivity index (χ1v) is 7.24. The Labute approximate surface area is 124 Å². The fourth-order valence-corrected chi connectivity index (χ4v) is 2.54. The zero-order valence-corrected chi connectivity index (χ0v) is 12.4.